The number of nitrogens with one attached hydrogen (secondary N) is 1. The zero-order chi connectivity index (χ0) is 12.1. The van der Waals surface area contributed by atoms with E-state index in [1.807, 2.05) is 12.1 Å². The molecule has 0 radical (unpaired) electrons. The van der Waals surface area contributed by atoms with E-state index in [0.29, 0.717) is 31.6 Å². The summed E-state index contributed by atoms with van der Waals surface area (Å²) in [5.74, 6) is 0.930. The van der Waals surface area contributed by atoms with E-state index in [4.69, 9.17) is 5.73 Å². The van der Waals surface area contributed by atoms with Crippen LogP contribution in [0.2, 0.25) is 0 Å². The van der Waals surface area contributed by atoms with E-state index in [2.05, 4.69) is 15.3 Å². The van der Waals surface area contributed by atoms with Gasteiger partial charge in [0.2, 0.25) is 0 Å². The molecule has 0 aliphatic heterocycles. The molecule has 4 nitrogen and oxygen atoms in total. The lowest BCUT2D eigenvalue weighted by Crippen LogP contribution is -2.33. The lowest BCUT2D eigenvalue weighted by molar-refractivity contribution is 0.0568. The van der Waals surface area contributed by atoms with Crippen LogP contribution in [0.5, 0.6) is 0 Å². The summed E-state index contributed by atoms with van der Waals surface area (Å²) in [5, 5.41) is 2.86. The van der Waals surface area contributed by atoms with E-state index in [-0.39, 0.29) is 5.96 Å². The fourth-order valence-electron chi connectivity index (χ4n) is 1.79. The van der Waals surface area contributed by atoms with E-state index in [1.54, 1.807) is 12.3 Å². The summed E-state index contributed by atoms with van der Waals surface area (Å²) in [7, 11) is 0. The molecule has 1 heterocycles. The number of halogens is 1. The van der Waals surface area contributed by atoms with Gasteiger partial charge in [-0.3, -0.25) is 4.99 Å². The molecule has 0 saturated heterocycles. The summed E-state index contributed by atoms with van der Waals surface area (Å²) in [6.45, 7) is 0.419. The van der Waals surface area contributed by atoms with Crippen LogP contribution in [0.3, 0.4) is 0 Å². The third-order valence-corrected chi connectivity index (χ3v) is 3.01. The normalized spacial score (nSPS) is 18.5. The fourth-order valence-corrected chi connectivity index (χ4v) is 1.79. The number of rotatable bonds is 4. The highest BCUT2D eigenvalue weighted by molar-refractivity contribution is 5.91. The lowest BCUT2D eigenvalue weighted by Gasteiger charge is -2.33. The van der Waals surface area contributed by atoms with Crippen LogP contribution in [0, 0.1) is 0 Å². The monoisotopic (exact) mass is 236 g/mol. The van der Waals surface area contributed by atoms with Gasteiger partial charge in [0.25, 0.3) is 0 Å². The molecule has 1 aromatic rings. The van der Waals surface area contributed by atoms with Crippen molar-refractivity contribution >= 4 is 11.8 Å². The molecule has 1 aromatic heterocycles. The van der Waals surface area contributed by atoms with Gasteiger partial charge < -0.3 is 11.1 Å². The first-order chi connectivity index (χ1) is 8.18. The zero-order valence-corrected chi connectivity index (χ0v) is 9.69. The van der Waals surface area contributed by atoms with Crippen molar-refractivity contribution in [2.75, 3.05) is 11.9 Å². The Kier molecular flexibility index (Phi) is 3.56. The predicted molar refractivity (Wildman–Crippen MR) is 66.7 cm³/mol. The molecule has 1 saturated carbocycles. The van der Waals surface area contributed by atoms with Crippen LogP contribution in [-0.4, -0.2) is 23.2 Å². The number of aromatic nitrogens is 1. The molecular weight excluding hydrogens is 219 g/mol. The summed E-state index contributed by atoms with van der Waals surface area (Å²) in [6.07, 6.45) is 4.44. The van der Waals surface area contributed by atoms with Crippen LogP contribution in [0.25, 0.3) is 0 Å². The largest absolute Gasteiger partial charge is 0.370 e. The van der Waals surface area contributed by atoms with Gasteiger partial charge in [-0.15, -0.1) is 0 Å². The van der Waals surface area contributed by atoms with Gasteiger partial charge in [0.05, 0.1) is 0 Å². The summed E-state index contributed by atoms with van der Waals surface area (Å²) in [5.41, 5.74) is 4.68. The first kappa shape index (κ1) is 11.8. The average molecular weight is 236 g/mol. The third kappa shape index (κ3) is 3.41. The second kappa shape index (κ2) is 5.12. The SMILES string of the molecule is NC(=NCCC1(F)CCC1)Nc1ccccn1. The molecule has 0 atom stereocenters. The van der Waals surface area contributed by atoms with Gasteiger partial charge in [-0.1, -0.05) is 6.07 Å². The van der Waals surface area contributed by atoms with Gasteiger partial charge in [0.15, 0.2) is 5.96 Å². The Morgan fingerprint density at radius 1 is 1.53 bits per heavy atom. The molecule has 2 rings (SSSR count). The second-order valence-corrected chi connectivity index (χ2v) is 4.36. The van der Waals surface area contributed by atoms with Crippen molar-refractivity contribution in [1.29, 1.82) is 0 Å². The first-order valence-electron chi connectivity index (χ1n) is 5.85. The molecule has 0 spiro atoms. The van der Waals surface area contributed by atoms with Crippen molar-refractivity contribution in [1.82, 2.24) is 4.98 Å². The summed E-state index contributed by atoms with van der Waals surface area (Å²) in [4.78, 5) is 8.15. The number of nitrogens with zero attached hydrogens (tertiary/aromatic N) is 2. The van der Waals surface area contributed by atoms with Gasteiger partial charge in [0.1, 0.15) is 11.5 Å². The van der Waals surface area contributed by atoms with Gasteiger partial charge in [-0.2, -0.15) is 0 Å². The van der Waals surface area contributed by atoms with Gasteiger partial charge in [-0.05, 0) is 31.4 Å². The van der Waals surface area contributed by atoms with Gasteiger partial charge in [0, 0.05) is 19.2 Å². The van der Waals surface area contributed by atoms with E-state index < -0.39 is 5.67 Å². The molecule has 0 amide bonds. The zero-order valence-electron chi connectivity index (χ0n) is 9.69. The van der Waals surface area contributed by atoms with Gasteiger partial charge >= 0.3 is 0 Å². The summed E-state index contributed by atoms with van der Waals surface area (Å²) >= 11 is 0. The van der Waals surface area contributed by atoms with Crippen molar-refractivity contribution in [3.8, 4) is 0 Å². The number of pyridine rings is 1. The number of hydrogen-bond acceptors (Lipinski definition) is 2. The van der Waals surface area contributed by atoms with E-state index in [1.165, 1.54) is 0 Å². The molecule has 0 bridgehead atoms. The fraction of sp³-hybridized carbons (Fsp3) is 0.500. The Labute approximate surface area is 100 Å². The second-order valence-electron chi connectivity index (χ2n) is 4.36. The number of anilines is 1. The smallest absolute Gasteiger partial charge is 0.194 e. The molecule has 5 heteroatoms. The summed E-state index contributed by atoms with van der Waals surface area (Å²) < 4.78 is 13.6. The van der Waals surface area contributed by atoms with Crippen molar-refractivity contribution in [2.24, 2.45) is 10.7 Å². The number of hydrogen-bond donors (Lipinski definition) is 2. The Hall–Kier alpha value is -1.65. The van der Waals surface area contributed by atoms with Crippen LogP contribution in [-0.2, 0) is 0 Å². The number of nitrogens with two attached hydrogens (primary N) is 1. The van der Waals surface area contributed by atoms with E-state index in [9.17, 15) is 4.39 Å². The van der Waals surface area contributed by atoms with Gasteiger partial charge in [-0.25, -0.2) is 9.37 Å². The highest BCUT2D eigenvalue weighted by Gasteiger charge is 2.36. The maximum atomic E-state index is 13.6. The third-order valence-electron chi connectivity index (χ3n) is 3.01. The Bertz CT molecular complexity index is 387. The van der Waals surface area contributed by atoms with E-state index in [0.717, 1.165) is 6.42 Å². The molecule has 1 fully saturated rings. The Morgan fingerprint density at radius 2 is 2.35 bits per heavy atom. The van der Waals surface area contributed by atoms with Crippen LogP contribution in [0.1, 0.15) is 25.7 Å². The average Bonchev–Trinajstić information content (AvgIpc) is 2.28. The molecule has 1 aliphatic carbocycles. The number of alkyl halides is 1. The quantitative estimate of drug-likeness (QED) is 0.621. The number of aliphatic imine (C=N–C) groups is 1. The van der Waals surface area contributed by atoms with Crippen LogP contribution < -0.4 is 11.1 Å². The molecular formula is C12H17FN4. The summed E-state index contributed by atoms with van der Waals surface area (Å²) in [6, 6.07) is 5.47. The van der Waals surface area contributed by atoms with E-state index >= 15 is 0 Å². The topological polar surface area (TPSA) is 63.3 Å². The molecule has 92 valence electrons. The highest BCUT2D eigenvalue weighted by atomic mass is 19.1. The molecule has 3 N–H and O–H groups in total. The van der Waals surface area contributed by atoms with Crippen molar-refractivity contribution in [3.63, 3.8) is 0 Å². The van der Waals surface area contributed by atoms with Crippen LogP contribution >= 0.6 is 0 Å². The highest BCUT2D eigenvalue weighted by Crippen LogP contribution is 2.38. The maximum absolute atomic E-state index is 13.6. The molecule has 0 unspecified atom stereocenters. The molecule has 1 aliphatic rings. The van der Waals surface area contributed by atoms with Crippen molar-refractivity contribution in [3.05, 3.63) is 24.4 Å². The minimum absolute atomic E-state index is 0.284. The standard InChI is InChI=1S/C12H17FN4/c13-12(5-3-6-12)7-9-16-11(14)17-10-4-1-2-8-15-10/h1-2,4,8H,3,5-7,9H2,(H3,14,15,16,17). The van der Waals surface area contributed by atoms with Crippen molar-refractivity contribution in [2.45, 2.75) is 31.4 Å². The molecule has 0 aromatic carbocycles. The lowest BCUT2D eigenvalue weighted by atomic mass is 9.80. The molecule has 17 heavy (non-hydrogen) atoms. The minimum atomic E-state index is -0.991. The first-order valence-corrected chi connectivity index (χ1v) is 5.85. The van der Waals surface area contributed by atoms with Crippen molar-refractivity contribution < 1.29 is 4.39 Å². The van der Waals surface area contributed by atoms with Crippen LogP contribution in [0.4, 0.5) is 10.2 Å². The Morgan fingerprint density at radius 3 is 2.94 bits per heavy atom. The predicted octanol–water partition coefficient (Wildman–Crippen LogP) is 2.09. The Balaban J connectivity index is 1.77. The minimum Gasteiger partial charge on any atom is -0.370 e. The maximum Gasteiger partial charge on any atom is 0.194 e. The van der Waals surface area contributed by atoms with Crippen LogP contribution in [0.15, 0.2) is 29.4 Å². The number of guanidine groups is 1.